The highest BCUT2D eigenvalue weighted by Gasteiger charge is 2.28. The number of halogens is 1. The van der Waals surface area contributed by atoms with Crippen molar-refractivity contribution in [3.05, 3.63) is 22.7 Å². The summed E-state index contributed by atoms with van der Waals surface area (Å²) in [5.41, 5.74) is 0.309. The van der Waals surface area contributed by atoms with Crippen molar-refractivity contribution in [3.63, 3.8) is 0 Å². The third-order valence-corrected chi connectivity index (χ3v) is 4.46. The summed E-state index contributed by atoms with van der Waals surface area (Å²) in [6.45, 7) is 3.78. The fraction of sp³-hybridized carbons (Fsp3) is 0.588. The average Bonchev–Trinajstić information content (AvgIpc) is 2.89. The summed E-state index contributed by atoms with van der Waals surface area (Å²) in [6.07, 6.45) is 4.62. The number of methoxy groups -OCH3 is 1. The quantitative estimate of drug-likeness (QED) is 0.840. The number of hydrogen-bond acceptors (Lipinski definition) is 3. The number of rotatable bonds is 6. The van der Waals surface area contributed by atoms with E-state index in [4.69, 9.17) is 26.2 Å². The van der Waals surface area contributed by atoms with Crippen LogP contribution in [0.4, 0.5) is 0 Å². The lowest BCUT2D eigenvalue weighted by Crippen LogP contribution is -2.22. The van der Waals surface area contributed by atoms with Gasteiger partial charge in [0.15, 0.2) is 11.5 Å². The number of carbonyl (C=O) groups is 1. The number of aliphatic carboxylic acids is 1. The van der Waals surface area contributed by atoms with E-state index >= 15 is 0 Å². The highest BCUT2D eigenvalue weighted by Crippen LogP contribution is 2.42. The zero-order valence-corrected chi connectivity index (χ0v) is 14.1. The van der Waals surface area contributed by atoms with E-state index in [1.165, 1.54) is 12.8 Å². The predicted molar refractivity (Wildman–Crippen MR) is 86.2 cm³/mol. The molecule has 0 unspecified atom stereocenters. The minimum atomic E-state index is -0.838. The summed E-state index contributed by atoms with van der Waals surface area (Å²) < 4.78 is 11.4. The number of carboxylic acid groups (broad SMARTS) is 1. The smallest absolute Gasteiger partial charge is 0.304 e. The number of hydrogen-bond donors (Lipinski definition) is 1. The lowest BCUT2D eigenvalue weighted by atomic mass is 9.81. The van der Waals surface area contributed by atoms with Crippen molar-refractivity contribution in [3.8, 4) is 11.5 Å². The fourth-order valence-corrected chi connectivity index (χ4v) is 3.20. The van der Waals surface area contributed by atoms with Gasteiger partial charge in [0.1, 0.15) is 0 Å². The largest absolute Gasteiger partial charge is 0.491 e. The molecule has 1 saturated carbocycles. The Bertz CT molecular complexity index is 548. The van der Waals surface area contributed by atoms with E-state index in [1.807, 2.05) is 19.9 Å². The zero-order valence-electron chi connectivity index (χ0n) is 13.3. The van der Waals surface area contributed by atoms with Crippen LogP contribution in [0.1, 0.15) is 51.5 Å². The van der Waals surface area contributed by atoms with E-state index in [2.05, 4.69) is 0 Å². The Morgan fingerprint density at radius 2 is 2.00 bits per heavy atom. The molecule has 0 saturated heterocycles. The van der Waals surface area contributed by atoms with Gasteiger partial charge in [0.2, 0.25) is 0 Å². The van der Waals surface area contributed by atoms with E-state index in [0.717, 1.165) is 18.4 Å². The van der Waals surface area contributed by atoms with E-state index in [9.17, 15) is 4.79 Å². The minimum Gasteiger partial charge on any atom is -0.491 e. The first-order valence-electron chi connectivity index (χ1n) is 7.60. The van der Waals surface area contributed by atoms with Gasteiger partial charge in [-0.15, -0.1) is 0 Å². The van der Waals surface area contributed by atoms with Crippen molar-refractivity contribution < 1.29 is 19.4 Å². The molecule has 1 aliphatic rings. The maximum Gasteiger partial charge on any atom is 0.304 e. The van der Waals surface area contributed by atoms with E-state index < -0.39 is 11.4 Å². The van der Waals surface area contributed by atoms with Crippen LogP contribution in [0.3, 0.4) is 0 Å². The first-order valence-corrected chi connectivity index (χ1v) is 7.98. The number of carboxylic acids is 1. The highest BCUT2D eigenvalue weighted by atomic mass is 35.5. The van der Waals surface area contributed by atoms with Gasteiger partial charge in [0.25, 0.3) is 0 Å². The first-order chi connectivity index (χ1) is 10.3. The van der Waals surface area contributed by atoms with Gasteiger partial charge in [-0.2, -0.15) is 0 Å². The van der Waals surface area contributed by atoms with Gasteiger partial charge in [-0.3, -0.25) is 4.79 Å². The third-order valence-electron chi connectivity index (χ3n) is 4.18. The maximum atomic E-state index is 11.1. The highest BCUT2D eigenvalue weighted by molar-refractivity contribution is 6.32. The standard InChI is InChI=1S/C17H23ClO4/c1-17(2,10-15(19)20)11-8-13(18)16(21-3)14(9-11)22-12-6-4-5-7-12/h8-9,12H,4-7,10H2,1-3H3,(H,19,20). The van der Waals surface area contributed by atoms with Crippen LogP contribution in [0.15, 0.2) is 12.1 Å². The van der Waals surface area contributed by atoms with E-state index in [-0.39, 0.29) is 12.5 Å². The summed E-state index contributed by atoms with van der Waals surface area (Å²) in [5, 5.41) is 9.54. The van der Waals surface area contributed by atoms with Gasteiger partial charge < -0.3 is 14.6 Å². The summed E-state index contributed by atoms with van der Waals surface area (Å²) in [7, 11) is 1.56. The van der Waals surface area contributed by atoms with Gasteiger partial charge >= 0.3 is 5.97 Å². The van der Waals surface area contributed by atoms with E-state index in [0.29, 0.717) is 16.5 Å². The van der Waals surface area contributed by atoms with Crippen LogP contribution >= 0.6 is 11.6 Å². The van der Waals surface area contributed by atoms with Crippen molar-refractivity contribution in [2.24, 2.45) is 0 Å². The molecule has 1 N–H and O–H groups in total. The molecular weight excluding hydrogens is 304 g/mol. The molecule has 0 radical (unpaired) electrons. The van der Waals surface area contributed by atoms with Crippen LogP contribution in [0.2, 0.25) is 5.02 Å². The second-order valence-corrected chi connectivity index (χ2v) is 6.88. The van der Waals surface area contributed by atoms with Gasteiger partial charge in [-0.05, 0) is 43.4 Å². The first kappa shape index (κ1) is 16.9. The molecule has 0 aromatic heterocycles. The Kier molecular flexibility index (Phi) is 5.22. The van der Waals surface area contributed by atoms with Gasteiger partial charge in [0.05, 0.1) is 24.7 Å². The summed E-state index contributed by atoms with van der Waals surface area (Å²) in [6, 6.07) is 3.64. The number of ether oxygens (including phenoxy) is 2. The van der Waals surface area contributed by atoms with Crippen molar-refractivity contribution in [2.75, 3.05) is 7.11 Å². The van der Waals surface area contributed by atoms with Crippen molar-refractivity contribution in [1.82, 2.24) is 0 Å². The van der Waals surface area contributed by atoms with Crippen molar-refractivity contribution >= 4 is 17.6 Å². The van der Waals surface area contributed by atoms with Crippen molar-refractivity contribution in [1.29, 1.82) is 0 Å². The maximum absolute atomic E-state index is 11.1. The molecule has 0 spiro atoms. The van der Waals surface area contributed by atoms with Crippen LogP contribution in [0, 0.1) is 0 Å². The van der Waals surface area contributed by atoms with E-state index in [1.54, 1.807) is 13.2 Å². The molecular formula is C17H23ClO4. The summed E-state index contributed by atoms with van der Waals surface area (Å²) >= 11 is 6.31. The Hall–Kier alpha value is -1.42. The zero-order chi connectivity index (χ0) is 16.3. The fourth-order valence-electron chi connectivity index (χ4n) is 2.91. The minimum absolute atomic E-state index is 0.0263. The molecule has 22 heavy (non-hydrogen) atoms. The SMILES string of the molecule is COc1c(Cl)cc(C(C)(C)CC(=O)O)cc1OC1CCCC1. The molecule has 1 fully saturated rings. The summed E-state index contributed by atoms with van der Waals surface area (Å²) in [4.78, 5) is 11.1. The molecule has 122 valence electrons. The lowest BCUT2D eigenvalue weighted by Gasteiger charge is -2.26. The molecule has 0 heterocycles. The van der Waals surface area contributed by atoms with Crippen LogP contribution in [0.5, 0.6) is 11.5 Å². The monoisotopic (exact) mass is 326 g/mol. The third kappa shape index (κ3) is 3.86. The molecule has 0 atom stereocenters. The normalized spacial score (nSPS) is 15.8. The molecule has 1 aromatic carbocycles. The molecule has 0 aliphatic heterocycles. The molecule has 0 bridgehead atoms. The van der Waals surface area contributed by atoms with Gasteiger partial charge in [0, 0.05) is 5.41 Å². The Balaban J connectivity index is 2.35. The molecule has 0 amide bonds. The van der Waals surface area contributed by atoms with Gasteiger partial charge in [-0.1, -0.05) is 25.4 Å². The van der Waals surface area contributed by atoms with Gasteiger partial charge in [-0.25, -0.2) is 0 Å². The van der Waals surface area contributed by atoms with Crippen LogP contribution in [-0.2, 0) is 10.2 Å². The summed E-state index contributed by atoms with van der Waals surface area (Å²) in [5.74, 6) is 0.286. The molecule has 4 nitrogen and oxygen atoms in total. The topological polar surface area (TPSA) is 55.8 Å². The second kappa shape index (κ2) is 6.78. The molecule has 5 heteroatoms. The van der Waals surface area contributed by atoms with Crippen LogP contribution in [0.25, 0.3) is 0 Å². The molecule has 1 aliphatic carbocycles. The predicted octanol–water partition coefficient (Wildman–Crippen LogP) is 4.42. The number of benzene rings is 1. The lowest BCUT2D eigenvalue weighted by molar-refractivity contribution is -0.138. The Morgan fingerprint density at radius 3 is 2.55 bits per heavy atom. The average molecular weight is 327 g/mol. The molecule has 1 aromatic rings. The Morgan fingerprint density at radius 1 is 1.36 bits per heavy atom. The van der Waals surface area contributed by atoms with Crippen LogP contribution < -0.4 is 9.47 Å². The van der Waals surface area contributed by atoms with Crippen molar-refractivity contribution in [2.45, 2.75) is 57.5 Å². The van der Waals surface area contributed by atoms with Crippen LogP contribution in [-0.4, -0.2) is 24.3 Å². The Labute approximate surface area is 136 Å². The molecule has 2 rings (SSSR count). The second-order valence-electron chi connectivity index (χ2n) is 6.47.